The summed E-state index contributed by atoms with van der Waals surface area (Å²) in [6, 6.07) is 12.9. The molecule has 2 aromatic carbocycles. The van der Waals surface area contributed by atoms with Gasteiger partial charge in [0.05, 0.1) is 6.04 Å². The third-order valence-corrected chi connectivity index (χ3v) is 4.09. The van der Waals surface area contributed by atoms with Crippen LogP contribution in [0, 0.1) is 0 Å². The maximum Gasteiger partial charge on any atom is 0.161 e. The van der Waals surface area contributed by atoms with E-state index in [1.54, 1.807) is 12.1 Å². The van der Waals surface area contributed by atoms with Gasteiger partial charge in [0.1, 0.15) is 6.61 Å². The number of hydrogen-bond acceptors (Lipinski definition) is 3. The molecule has 110 valence electrons. The van der Waals surface area contributed by atoms with Crippen LogP contribution in [-0.4, -0.2) is 19.8 Å². The van der Waals surface area contributed by atoms with Crippen LogP contribution in [-0.2, 0) is 0 Å². The van der Waals surface area contributed by atoms with Gasteiger partial charge in [-0.05, 0) is 42.9 Å². The van der Waals surface area contributed by atoms with Crippen molar-refractivity contribution in [3.8, 4) is 11.5 Å². The lowest BCUT2D eigenvalue weighted by Gasteiger charge is -2.32. The predicted octanol–water partition coefficient (Wildman–Crippen LogP) is 4.09. The van der Waals surface area contributed by atoms with Gasteiger partial charge in [-0.1, -0.05) is 35.3 Å². The second kappa shape index (κ2) is 6.14. The average Bonchev–Trinajstić information content (AvgIpc) is 2.51. The maximum absolute atomic E-state index is 6.29. The molecule has 2 unspecified atom stereocenters. The molecule has 1 heterocycles. The van der Waals surface area contributed by atoms with Crippen molar-refractivity contribution in [2.24, 2.45) is 0 Å². The number of ether oxygens (including phenoxy) is 2. The minimum absolute atomic E-state index is 0.107. The number of nitrogens with one attached hydrogen (secondary N) is 1. The Bertz CT molecular complexity index is 648. The predicted molar refractivity (Wildman–Crippen MR) is 84.6 cm³/mol. The van der Waals surface area contributed by atoms with Crippen molar-refractivity contribution in [2.75, 3.05) is 13.7 Å². The summed E-state index contributed by atoms with van der Waals surface area (Å²) in [5, 5.41) is 4.54. The molecule has 0 saturated carbocycles. The lowest BCUT2D eigenvalue weighted by molar-refractivity contribution is 0.0638. The molecule has 0 spiro atoms. The van der Waals surface area contributed by atoms with E-state index in [0.29, 0.717) is 16.7 Å². The van der Waals surface area contributed by atoms with E-state index < -0.39 is 0 Å². The van der Waals surface area contributed by atoms with Crippen LogP contribution in [0.15, 0.2) is 42.5 Å². The summed E-state index contributed by atoms with van der Waals surface area (Å²) in [6.45, 7) is 0.450. The number of hydrogen-bond donors (Lipinski definition) is 1. The van der Waals surface area contributed by atoms with E-state index in [1.165, 1.54) is 0 Å². The number of fused-ring (bicyclic) bond motifs is 1. The number of para-hydroxylation sites is 2. The average molecular weight is 324 g/mol. The van der Waals surface area contributed by atoms with Crippen molar-refractivity contribution >= 4 is 23.2 Å². The Hall–Kier alpha value is -1.42. The van der Waals surface area contributed by atoms with Crippen LogP contribution in [0.1, 0.15) is 11.6 Å². The van der Waals surface area contributed by atoms with Gasteiger partial charge in [-0.3, -0.25) is 0 Å². The first-order valence-corrected chi connectivity index (χ1v) is 7.45. The fourth-order valence-corrected chi connectivity index (χ4v) is 2.91. The summed E-state index contributed by atoms with van der Waals surface area (Å²) < 4.78 is 11.8. The molecule has 0 amide bonds. The van der Waals surface area contributed by atoms with Gasteiger partial charge in [-0.2, -0.15) is 0 Å². The molecule has 0 saturated heterocycles. The van der Waals surface area contributed by atoms with Crippen LogP contribution in [0.2, 0.25) is 10.0 Å². The smallest absolute Gasteiger partial charge is 0.161 e. The summed E-state index contributed by atoms with van der Waals surface area (Å²) in [6.07, 6.45) is -0.180. The Morgan fingerprint density at radius 1 is 1.14 bits per heavy atom. The van der Waals surface area contributed by atoms with Crippen LogP contribution in [0.4, 0.5) is 0 Å². The van der Waals surface area contributed by atoms with Crippen LogP contribution in [0.5, 0.6) is 11.5 Å². The molecular formula is C16H15Cl2NO2. The normalized spacial score (nSPS) is 18.3. The van der Waals surface area contributed by atoms with Gasteiger partial charge in [0.25, 0.3) is 0 Å². The quantitative estimate of drug-likeness (QED) is 0.922. The lowest BCUT2D eigenvalue weighted by Crippen LogP contribution is -2.40. The second-order valence-corrected chi connectivity index (χ2v) is 5.69. The first-order valence-electron chi connectivity index (χ1n) is 6.69. The molecule has 0 aliphatic carbocycles. The molecule has 0 bridgehead atoms. The molecule has 5 heteroatoms. The van der Waals surface area contributed by atoms with Crippen molar-refractivity contribution in [2.45, 2.75) is 12.1 Å². The van der Waals surface area contributed by atoms with Gasteiger partial charge in [0, 0.05) is 10.0 Å². The zero-order valence-corrected chi connectivity index (χ0v) is 13.0. The van der Waals surface area contributed by atoms with E-state index in [-0.39, 0.29) is 12.1 Å². The van der Waals surface area contributed by atoms with E-state index >= 15 is 0 Å². The Labute approximate surface area is 133 Å². The third kappa shape index (κ3) is 2.95. The molecule has 3 rings (SSSR count). The fraction of sp³-hybridized carbons (Fsp3) is 0.250. The molecule has 1 aliphatic heterocycles. The number of halogens is 2. The van der Waals surface area contributed by atoms with Gasteiger partial charge in [0.2, 0.25) is 0 Å². The topological polar surface area (TPSA) is 30.5 Å². The maximum atomic E-state index is 6.29. The van der Waals surface area contributed by atoms with Crippen LogP contribution < -0.4 is 14.8 Å². The van der Waals surface area contributed by atoms with Crippen molar-refractivity contribution in [3.63, 3.8) is 0 Å². The number of benzene rings is 2. The standard InChI is InChI=1S/C16H15Cl2NO2/c1-19-16(11-8-10(17)6-7-12(11)18)15-9-20-13-4-2-3-5-14(13)21-15/h2-8,15-16,19H,9H2,1H3. The van der Waals surface area contributed by atoms with E-state index in [0.717, 1.165) is 17.1 Å². The Morgan fingerprint density at radius 2 is 1.90 bits per heavy atom. The zero-order valence-electron chi connectivity index (χ0n) is 11.5. The Morgan fingerprint density at radius 3 is 2.67 bits per heavy atom. The summed E-state index contributed by atoms with van der Waals surface area (Å²) in [5.41, 5.74) is 0.902. The van der Waals surface area contributed by atoms with Crippen molar-refractivity contribution in [3.05, 3.63) is 58.1 Å². The van der Waals surface area contributed by atoms with Gasteiger partial charge in [-0.15, -0.1) is 0 Å². The van der Waals surface area contributed by atoms with Crippen LogP contribution >= 0.6 is 23.2 Å². The highest BCUT2D eigenvalue weighted by molar-refractivity contribution is 6.33. The minimum Gasteiger partial charge on any atom is -0.486 e. The van der Waals surface area contributed by atoms with Gasteiger partial charge < -0.3 is 14.8 Å². The van der Waals surface area contributed by atoms with Gasteiger partial charge in [0.15, 0.2) is 17.6 Å². The SMILES string of the molecule is CNC(c1cc(Cl)ccc1Cl)C1COc2ccccc2O1. The van der Waals surface area contributed by atoms with Gasteiger partial charge in [-0.25, -0.2) is 0 Å². The molecule has 2 aromatic rings. The summed E-state index contributed by atoms with van der Waals surface area (Å²) in [7, 11) is 1.87. The number of rotatable bonds is 3. The molecule has 1 N–H and O–H groups in total. The molecule has 0 radical (unpaired) electrons. The third-order valence-electron chi connectivity index (χ3n) is 3.51. The molecule has 0 fully saturated rings. The van der Waals surface area contributed by atoms with Crippen LogP contribution in [0.25, 0.3) is 0 Å². The van der Waals surface area contributed by atoms with Gasteiger partial charge >= 0.3 is 0 Å². The highest BCUT2D eigenvalue weighted by atomic mass is 35.5. The Balaban J connectivity index is 1.90. The van der Waals surface area contributed by atoms with E-state index in [2.05, 4.69) is 5.32 Å². The minimum atomic E-state index is -0.180. The molecule has 3 nitrogen and oxygen atoms in total. The van der Waals surface area contributed by atoms with Crippen molar-refractivity contribution in [1.82, 2.24) is 5.32 Å². The summed E-state index contributed by atoms with van der Waals surface area (Å²) in [4.78, 5) is 0. The molecule has 21 heavy (non-hydrogen) atoms. The molecule has 1 aliphatic rings. The lowest BCUT2D eigenvalue weighted by atomic mass is 10.0. The van der Waals surface area contributed by atoms with Crippen molar-refractivity contribution in [1.29, 1.82) is 0 Å². The molecular weight excluding hydrogens is 309 g/mol. The highest BCUT2D eigenvalue weighted by Gasteiger charge is 2.30. The first-order chi connectivity index (χ1) is 10.2. The van der Waals surface area contributed by atoms with E-state index in [1.807, 2.05) is 37.4 Å². The van der Waals surface area contributed by atoms with Crippen LogP contribution in [0.3, 0.4) is 0 Å². The molecule has 0 aromatic heterocycles. The van der Waals surface area contributed by atoms with E-state index in [4.69, 9.17) is 32.7 Å². The first kappa shape index (κ1) is 14.5. The number of likely N-dealkylation sites (N-methyl/N-ethyl adjacent to an activating group) is 1. The second-order valence-electron chi connectivity index (χ2n) is 4.85. The fourth-order valence-electron chi connectivity index (χ4n) is 2.49. The summed E-state index contributed by atoms with van der Waals surface area (Å²) >= 11 is 12.4. The zero-order chi connectivity index (χ0) is 14.8. The Kier molecular flexibility index (Phi) is 4.24. The monoisotopic (exact) mass is 323 g/mol. The molecule has 2 atom stereocenters. The van der Waals surface area contributed by atoms with Crippen molar-refractivity contribution < 1.29 is 9.47 Å². The summed E-state index contributed by atoms with van der Waals surface area (Å²) in [5.74, 6) is 1.51. The highest BCUT2D eigenvalue weighted by Crippen LogP contribution is 2.36. The largest absolute Gasteiger partial charge is 0.486 e. The van der Waals surface area contributed by atoms with E-state index in [9.17, 15) is 0 Å².